The van der Waals surface area contributed by atoms with Crippen molar-refractivity contribution in [3.05, 3.63) is 29.8 Å². The maximum absolute atomic E-state index is 12.3. The lowest BCUT2D eigenvalue weighted by atomic mass is 9.92. The van der Waals surface area contributed by atoms with Crippen LogP contribution in [0, 0.1) is 11.8 Å². The number of piperidine rings is 1. The zero-order valence-electron chi connectivity index (χ0n) is 15.0. The van der Waals surface area contributed by atoms with Gasteiger partial charge >= 0.3 is 0 Å². The number of Topliss-reactive ketones (excluding diaryl/α,β-unsaturated/α-hetero) is 1. The van der Waals surface area contributed by atoms with E-state index in [0.29, 0.717) is 17.4 Å². The highest BCUT2D eigenvalue weighted by molar-refractivity contribution is 7.89. The number of amides is 1. The molecule has 25 heavy (non-hydrogen) atoms. The molecule has 2 atom stereocenters. The van der Waals surface area contributed by atoms with Crippen molar-refractivity contribution in [3.8, 4) is 0 Å². The quantitative estimate of drug-likeness (QED) is 0.781. The molecule has 0 aliphatic carbocycles. The number of likely N-dealkylation sites (tertiary alicyclic amines) is 1. The molecule has 0 bridgehead atoms. The molecular formula is C18H26N2O4S. The Morgan fingerprint density at radius 1 is 1.20 bits per heavy atom. The SMILES string of the molecule is CC(=O)c1cccc(S(=O)(=O)NCCC(=O)N2CC(C)CC(C)C2)c1. The molecule has 7 heteroatoms. The third kappa shape index (κ3) is 5.37. The van der Waals surface area contributed by atoms with E-state index in [1.807, 2.05) is 4.90 Å². The largest absolute Gasteiger partial charge is 0.342 e. The second kappa shape index (κ2) is 8.10. The highest BCUT2D eigenvalue weighted by atomic mass is 32.2. The van der Waals surface area contributed by atoms with E-state index in [1.54, 1.807) is 6.07 Å². The zero-order valence-corrected chi connectivity index (χ0v) is 15.8. The highest BCUT2D eigenvalue weighted by Crippen LogP contribution is 2.21. The molecule has 1 heterocycles. The highest BCUT2D eigenvalue weighted by Gasteiger charge is 2.25. The van der Waals surface area contributed by atoms with E-state index in [1.165, 1.54) is 25.1 Å². The number of rotatable bonds is 6. The Hall–Kier alpha value is -1.73. The number of hydrogen-bond donors (Lipinski definition) is 1. The molecule has 1 aromatic rings. The number of benzene rings is 1. The van der Waals surface area contributed by atoms with Crippen molar-refractivity contribution < 1.29 is 18.0 Å². The molecule has 2 rings (SSSR count). The molecule has 0 aromatic heterocycles. The number of carbonyl (C=O) groups is 2. The monoisotopic (exact) mass is 366 g/mol. The number of nitrogens with one attached hydrogen (secondary N) is 1. The summed E-state index contributed by atoms with van der Waals surface area (Å²) in [5.41, 5.74) is 0.343. The first-order valence-corrected chi connectivity index (χ1v) is 10.1. The molecule has 0 spiro atoms. The van der Waals surface area contributed by atoms with Crippen LogP contribution in [0.1, 0.15) is 44.0 Å². The van der Waals surface area contributed by atoms with Gasteiger partial charge in [0.25, 0.3) is 0 Å². The molecule has 1 aliphatic heterocycles. The molecule has 1 N–H and O–H groups in total. The summed E-state index contributed by atoms with van der Waals surface area (Å²) in [7, 11) is -3.74. The summed E-state index contributed by atoms with van der Waals surface area (Å²) in [6.07, 6.45) is 1.24. The molecule has 0 saturated carbocycles. The maximum atomic E-state index is 12.3. The Morgan fingerprint density at radius 3 is 2.44 bits per heavy atom. The average molecular weight is 366 g/mol. The van der Waals surface area contributed by atoms with Gasteiger partial charge in [0.05, 0.1) is 4.90 Å². The van der Waals surface area contributed by atoms with Gasteiger partial charge in [-0.15, -0.1) is 0 Å². The van der Waals surface area contributed by atoms with E-state index in [0.717, 1.165) is 19.5 Å². The molecule has 1 amide bonds. The summed E-state index contributed by atoms with van der Waals surface area (Å²) in [6, 6.07) is 5.89. The van der Waals surface area contributed by atoms with Gasteiger partial charge in [-0.2, -0.15) is 0 Å². The van der Waals surface area contributed by atoms with E-state index >= 15 is 0 Å². The normalized spacial score (nSPS) is 21.2. The number of sulfonamides is 1. The molecule has 1 fully saturated rings. The molecule has 2 unspecified atom stereocenters. The van der Waals surface area contributed by atoms with Crippen molar-refractivity contribution in [1.29, 1.82) is 0 Å². The Balaban J connectivity index is 1.93. The van der Waals surface area contributed by atoms with Gasteiger partial charge < -0.3 is 4.90 Å². The lowest BCUT2D eigenvalue weighted by molar-refractivity contribution is -0.133. The van der Waals surface area contributed by atoms with E-state index in [-0.39, 0.29) is 29.6 Å². The van der Waals surface area contributed by atoms with Crippen LogP contribution in [0.25, 0.3) is 0 Å². The van der Waals surface area contributed by atoms with Crippen molar-refractivity contribution in [1.82, 2.24) is 9.62 Å². The molecule has 1 aromatic carbocycles. The predicted octanol–water partition coefficient (Wildman–Crippen LogP) is 2.06. The minimum absolute atomic E-state index is 0.0291. The Morgan fingerprint density at radius 2 is 1.84 bits per heavy atom. The van der Waals surface area contributed by atoms with E-state index in [4.69, 9.17) is 0 Å². The Bertz CT molecular complexity index is 735. The zero-order chi connectivity index (χ0) is 18.6. The average Bonchev–Trinajstić information content (AvgIpc) is 2.53. The molecule has 138 valence electrons. The van der Waals surface area contributed by atoms with Crippen LogP contribution >= 0.6 is 0 Å². The van der Waals surface area contributed by atoms with Crippen LogP contribution < -0.4 is 4.72 Å². The van der Waals surface area contributed by atoms with Crippen LogP contribution in [0.15, 0.2) is 29.2 Å². The summed E-state index contributed by atoms with van der Waals surface area (Å²) in [4.78, 5) is 25.5. The topological polar surface area (TPSA) is 83.5 Å². The van der Waals surface area contributed by atoms with Gasteiger partial charge in [0.15, 0.2) is 5.78 Å². The van der Waals surface area contributed by atoms with Crippen LogP contribution in [0.2, 0.25) is 0 Å². The van der Waals surface area contributed by atoms with Crippen LogP contribution in [0.3, 0.4) is 0 Å². The number of hydrogen-bond acceptors (Lipinski definition) is 4. The summed E-state index contributed by atoms with van der Waals surface area (Å²) in [5.74, 6) is 0.719. The first kappa shape index (κ1) is 19.6. The van der Waals surface area contributed by atoms with Crippen molar-refractivity contribution in [2.45, 2.75) is 38.5 Å². The van der Waals surface area contributed by atoms with Crippen molar-refractivity contribution in [2.75, 3.05) is 19.6 Å². The number of carbonyl (C=O) groups excluding carboxylic acids is 2. The molecule has 6 nitrogen and oxygen atoms in total. The van der Waals surface area contributed by atoms with E-state index in [9.17, 15) is 18.0 Å². The molecule has 1 aliphatic rings. The first-order valence-electron chi connectivity index (χ1n) is 8.57. The van der Waals surface area contributed by atoms with Gasteiger partial charge in [0.1, 0.15) is 0 Å². The summed E-state index contributed by atoms with van der Waals surface area (Å²) in [6.45, 7) is 7.15. The van der Waals surface area contributed by atoms with E-state index in [2.05, 4.69) is 18.6 Å². The fourth-order valence-electron chi connectivity index (χ4n) is 3.28. The molecule has 0 radical (unpaired) electrons. The lowest BCUT2D eigenvalue weighted by Gasteiger charge is -2.35. The Labute approximate surface area is 149 Å². The van der Waals surface area contributed by atoms with Crippen molar-refractivity contribution >= 4 is 21.7 Å². The second-order valence-electron chi connectivity index (χ2n) is 6.98. The first-order chi connectivity index (χ1) is 11.7. The minimum Gasteiger partial charge on any atom is -0.342 e. The van der Waals surface area contributed by atoms with E-state index < -0.39 is 10.0 Å². The van der Waals surface area contributed by atoms with Gasteiger partial charge in [-0.25, -0.2) is 13.1 Å². The third-order valence-corrected chi connectivity index (χ3v) is 5.86. The molecule has 1 saturated heterocycles. The van der Waals surface area contributed by atoms with Crippen molar-refractivity contribution in [2.24, 2.45) is 11.8 Å². The fraction of sp³-hybridized carbons (Fsp3) is 0.556. The van der Waals surface area contributed by atoms with Gasteiger partial charge in [-0.3, -0.25) is 9.59 Å². The van der Waals surface area contributed by atoms with Gasteiger partial charge in [0.2, 0.25) is 15.9 Å². The number of nitrogens with zero attached hydrogens (tertiary/aromatic N) is 1. The van der Waals surface area contributed by atoms with Crippen LogP contribution in [0.5, 0.6) is 0 Å². The minimum atomic E-state index is -3.74. The summed E-state index contributed by atoms with van der Waals surface area (Å²) in [5, 5.41) is 0. The van der Waals surface area contributed by atoms with Crippen molar-refractivity contribution in [3.63, 3.8) is 0 Å². The maximum Gasteiger partial charge on any atom is 0.240 e. The van der Waals surface area contributed by atoms with Gasteiger partial charge in [0, 0.05) is 31.6 Å². The van der Waals surface area contributed by atoms with Gasteiger partial charge in [-0.05, 0) is 37.3 Å². The van der Waals surface area contributed by atoms with Crippen LogP contribution in [0.4, 0.5) is 0 Å². The van der Waals surface area contributed by atoms with Gasteiger partial charge in [-0.1, -0.05) is 26.0 Å². The lowest BCUT2D eigenvalue weighted by Crippen LogP contribution is -2.43. The fourth-order valence-corrected chi connectivity index (χ4v) is 4.36. The third-order valence-electron chi connectivity index (χ3n) is 4.40. The molecular weight excluding hydrogens is 340 g/mol. The summed E-state index contributed by atoms with van der Waals surface area (Å²) < 4.78 is 27.1. The van der Waals surface area contributed by atoms with Crippen LogP contribution in [-0.4, -0.2) is 44.6 Å². The second-order valence-corrected chi connectivity index (χ2v) is 8.74. The smallest absolute Gasteiger partial charge is 0.240 e. The van der Waals surface area contributed by atoms with Crippen LogP contribution in [-0.2, 0) is 14.8 Å². The Kier molecular flexibility index (Phi) is 6.35. The number of ketones is 1. The predicted molar refractivity (Wildman–Crippen MR) is 95.8 cm³/mol. The summed E-state index contributed by atoms with van der Waals surface area (Å²) >= 11 is 0. The standard InChI is InChI=1S/C18H26N2O4S/c1-13-9-14(2)12-20(11-13)18(22)7-8-19-25(23,24)17-6-4-5-16(10-17)15(3)21/h4-6,10,13-14,19H,7-9,11-12H2,1-3H3.